The van der Waals surface area contributed by atoms with Crippen LogP contribution >= 0.6 is 12.4 Å². The van der Waals surface area contributed by atoms with Crippen molar-refractivity contribution in [3.63, 3.8) is 0 Å². The van der Waals surface area contributed by atoms with E-state index in [2.05, 4.69) is 0 Å². The Balaban J connectivity index is 0.00000400. The molecule has 12 nitrogen and oxygen atoms in total. The van der Waals surface area contributed by atoms with Gasteiger partial charge in [0.25, 0.3) is 0 Å². The van der Waals surface area contributed by atoms with Gasteiger partial charge in [-0.15, -0.1) is 12.4 Å². The van der Waals surface area contributed by atoms with Crippen LogP contribution in [0.2, 0.25) is 0 Å². The molecule has 2 aromatic rings. The maximum atomic E-state index is 13.9. The van der Waals surface area contributed by atoms with Crippen molar-refractivity contribution in [1.82, 2.24) is 0 Å². The van der Waals surface area contributed by atoms with Crippen molar-refractivity contribution in [1.29, 1.82) is 0 Å². The van der Waals surface area contributed by atoms with Crippen LogP contribution in [0.4, 0.5) is 0 Å². The highest BCUT2D eigenvalue weighted by atomic mass is 35.5. The summed E-state index contributed by atoms with van der Waals surface area (Å²) in [5.41, 5.74) is 3.26. The van der Waals surface area contributed by atoms with E-state index in [0.29, 0.717) is 0 Å². The maximum absolute atomic E-state index is 13.9. The Morgan fingerprint density at radius 2 is 1.64 bits per heavy atom. The van der Waals surface area contributed by atoms with Crippen LogP contribution in [0.3, 0.4) is 0 Å². The summed E-state index contributed by atoms with van der Waals surface area (Å²) in [5, 5.41) is 46.1. The molecule has 2 aromatic carbocycles. The van der Waals surface area contributed by atoms with E-state index in [4.69, 9.17) is 29.4 Å². The fourth-order valence-corrected chi connectivity index (χ4v) is 6.75. The van der Waals surface area contributed by atoms with Crippen LogP contribution in [-0.2, 0) is 25.4 Å². The highest BCUT2D eigenvalue weighted by molar-refractivity contribution is 6.31. The first-order chi connectivity index (χ1) is 20.6. The number of hydrogen-bond acceptors (Lipinski definition) is 12. The molecule has 2 aliphatic heterocycles. The number of phenols is 2. The molecular formula is C32H40ClNO11. The van der Waals surface area contributed by atoms with Gasteiger partial charge >= 0.3 is 0 Å². The van der Waals surface area contributed by atoms with Crippen molar-refractivity contribution in [2.24, 2.45) is 11.1 Å². The van der Waals surface area contributed by atoms with Gasteiger partial charge in [0.1, 0.15) is 22.8 Å². The molecule has 6 rings (SSSR count). The Morgan fingerprint density at radius 1 is 1.00 bits per heavy atom. The number of aromatic hydroxyl groups is 2. The monoisotopic (exact) mass is 649 g/mol. The molecule has 2 saturated heterocycles. The van der Waals surface area contributed by atoms with Gasteiger partial charge in [-0.1, -0.05) is 26.0 Å². The SMILES string of the molecule is COc1cccc2c1C(=O)c1c(O)c3c(c(O)c1C2=O)CC(O)(C1(C)OCC(C)(C)CO1)CC3OC1CC(N)C(O)C(C)O1.Cl. The average molecular weight is 650 g/mol. The number of fused-ring (bicyclic) bond motifs is 3. The number of aliphatic hydroxyl groups is 2. The standard InChI is InChI=1S/C32H39NO11.ClH/c1-14-25(34)17(33)9-20(43-14)44-19-11-32(39,31(4)41-12-30(2,3)13-42-31)10-16-22(19)29(38)24-23(27(16)36)26(35)15-7-6-8-18(40-5)21(15)28(24)37;/h6-8,14,17,19-20,25,34,36,38-39H,9-13,33H2,1-5H3;1H. The molecule has 13 heteroatoms. The van der Waals surface area contributed by atoms with Crippen molar-refractivity contribution >= 4 is 24.0 Å². The summed E-state index contributed by atoms with van der Waals surface area (Å²) in [6.07, 6.45) is -4.16. The van der Waals surface area contributed by atoms with Crippen LogP contribution in [0, 0.1) is 5.41 Å². The highest BCUT2D eigenvalue weighted by Gasteiger charge is 2.58. The van der Waals surface area contributed by atoms with Crippen LogP contribution in [0.15, 0.2) is 18.2 Å². The largest absolute Gasteiger partial charge is 0.507 e. The molecule has 2 aliphatic carbocycles. The Morgan fingerprint density at radius 3 is 2.27 bits per heavy atom. The second-order valence-electron chi connectivity index (χ2n) is 13.3. The Labute approximate surface area is 266 Å². The van der Waals surface area contributed by atoms with Crippen molar-refractivity contribution in [3.8, 4) is 17.2 Å². The van der Waals surface area contributed by atoms with Crippen LogP contribution < -0.4 is 10.5 Å². The van der Waals surface area contributed by atoms with Crippen LogP contribution in [0.25, 0.3) is 0 Å². The molecular weight excluding hydrogens is 610 g/mol. The Kier molecular flexibility index (Phi) is 8.55. The number of aliphatic hydroxyl groups excluding tert-OH is 1. The molecule has 45 heavy (non-hydrogen) atoms. The van der Waals surface area contributed by atoms with Crippen molar-refractivity contribution in [3.05, 3.63) is 51.6 Å². The lowest BCUT2D eigenvalue weighted by Gasteiger charge is -2.52. The molecule has 0 saturated carbocycles. The summed E-state index contributed by atoms with van der Waals surface area (Å²) < 4.78 is 29.8. The molecule has 6 unspecified atom stereocenters. The van der Waals surface area contributed by atoms with Gasteiger partial charge in [0.05, 0.1) is 55.3 Å². The fourth-order valence-electron chi connectivity index (χ4n) is 6.75. The lowest BCUT2D eigenvalue weighted by Crippen LogP contribution is -2.63. The van der Waals surface area contributed by atoms with E-state index < -0.39 is 65.1 Å². The minimum atomic E-state index is -1.83. The second-order valence-corrected chi connectivity index (χ2v) is 13.3. The minimum Gasteiger partial charge on any atom is -0.507 e. The Bertz CT molecular complexity index is 1520. The van der Waals surface area contributed by atoms with Gasteiger partial charge in [0, 0.05) is 47.4 Å². The number of nitrogens with two attached hydrogens (primary N) is 1. The number of ketones is 2. The fraction of sp³-hybridized carbons (Fsp3) is 0.562. The van der Waals surface area contributed by atoms with Crippen LogP contribution in [0.1, 0.15) is 89.6 Å². The van der Waals surface area contributed by atoms with Gasteiger partial charge in [-0.2, -0.15) is 0 Å². The number of phenolic OH excluding ortho intramolecular Hbond substituents is 2. The lowest BCUT2D eigenvalue weighted by atomic mass is 9.70. The van der Waals surface area contributed by atoms with E-state index in [-0.39, 0.29) is 89.4 Å². The summed E-state index contributed by atoms with van der Waals surface area (Å²) in [6.45, 7) is 7.71. The molecule has 6 N–H and O–H groups in total. The topological polar surface area (TPSA) is 187 Å². The van der Waals surface area contributed by atoms with Gasteiger partial charge in [-0.3, -0.25) is 9.59 Å². The van der Waals surface area contributed by atoms with Crippen molar-refractivity contribution < 1.29 is 53.7 Å². The number of halogens is 1. The van der Waals surface area contributed by atoms with Gasteiger partial charge in [0.15, 0.2) is 17.9 Å². The predicted octanol–water partition coefficient (Wildman–Crippen LogP) is 2.65. The average Bonchev–Trinajstić information content (AvgIpc) is 2.97. The summed E-state index contributed by atoms with van der Waals surface area (Å²) in [5.74, 6) is -3.92. The van der Waals surface area contributed by atoms with Crippen molar-refractivity contribution in [2.45, 2.75) is 89.0 Å². The first-order valence-corrected chi connectivity index (χ1v) is 14.7. The van der Waals surface area contributed by atoms with E-state index in [9.17, 15) is 30.0 Å². The zero-order valence-corrected chi connectivity index (χ0v) is 26.6. The summed E-state index contributed by atoms with van der Waals surface area (Å²) in [7, 11) is 1.36. The molecule has 0 bridgehead atoms. The third-order valence-corrected chi connectivity index (χ3v) is 9.46. The lowest BCUT2D eigenvalue weighted by molar-refractivity contribution is -0.363. The molecule has 2 fully saturated rings. The summed E-state index contributed by atoms with van der Waals surface area (Å²) in [6, 6.07) is 3.86. The van der Waals surface area contributed by atoms with Gasteiger partial charge < -0.3 is 49.8 Å². The first kappa shape index (κ1) is 33.6. The van der Waals surface area contributed by atoms with E-state index in [1.165, 1.54) is 19.2 Å². The molecule has 2 heterocycles. The number of ether oxygens (including phenoxy) is 5. The van der Waals surface area contributed by atoms with Gasteiger partial charge in [0.2, 0.25) is 5.78 Å². The van der Waals surface area contributed by atoms with Crippen molar-refractivity contribution in [2.75, 3.05) is 20.3 Å². The molecule has 0 amide bonds. The molecule has 6 atom stereocenters. The molecule has 0 radical (unpaired) electrons. The van der Waals surface area contributed by atoms with E-state index in [1.54, 1.807) is 19.9 Å². The number of benzene rings is 2. The molecule has 0 aromatic heterocycles. The number of rotatable bonds is 4. The quantitative estimate of drug-likeness (QED) is 0.261. The summed E-state index contributed by atoms with van der Waals surface area (Å²) in [4.78, 5) is 27.7. The smallest absolute Gasteiger partial charge is 0.202 e. The minimum absolute atomic E-state index is 0. The zero-order chi connectivity index (χ0) is 31.9. The van der Waals surface area contributed by atoms with Crippen LogP contribution in [-0.4, -0.2) is 88.2 Å². The first-order valence-electron chi connectivity index (χ1n) is 14.7. The van der Waals surface area contributed by atoms with Gasteiger partial charge in [-0.25, -0.2) is 0 Å². The number of methoxy groups -OCH3 is 1. The molecule has 0 spiro atoms. The summed E-state index contributed by atoms with van der Waals surface area (Å²) >= 11 is 0. The Hall–Kier alpha value is -2.81. The predicted molar refractivity (Wildman–Crippen MR) is 161 cm³/mol. The van der Waals surface area contributed by atoms with E-state index in [1.807, 2.05) is 13.8 Å². The maximum Gasteiger partial charge on any atom is 0.202 e. The number of carbonyl (C=O) groups excluding carboxylic acids is 2. The normalized spacial score (nSPS) is 31.7. The number of hydrogen-bond donors (Lipinski definition) is 5. The van der Waals surface area contributed by atoms with Crippen LogP contribution in [0.5, 0.6) is 17.2 Å². The number of carbonyl (C=O) groups is 2. The van der Waals surface area contributed by atoms with E-state index >= 15 is 0 Å². The third kappa shape index (κ3) is 5.21. The second kappa shape index (κ2) is 11.5. The molecule has 246 valence electrons. The van der Waals surface area contributed by atoms with E-state index in [0.717, 1.165) is 0 Å². The molecule has 4 aliphatic rings. The highest BCUT2D eigenvalue weighted by Crippen LogP contribution is 2.55. The zero-order valence-electron chi connectivity index (χ0n) is 25.8. The van der Waals surface area contributed by atoms with Gasteiger partial charge in [-0.05, 0) is 19.9 Å². The third-order valence-electron chi connectivity index (χ3n) is 9.46.